The molecular formula is C14H10BrFN2O3. The van der Waals surface area contributed by atoms with Gasteiger partial charge in [-0.3, -0.25) is 4.79 Å². The van der Waals surface area contributed by atoms with Crippen molar-refractivity contribution < 1.29 is 19.1 Å². The van der Waals surface area contributed by atoms with E-state index in [1.165, 1.54) is 12.1 Å². The van der Waals surface area contributed by atoms with Gasteiger partial charge in [-0.15, -0.1) is 0 Å². The molecule has 0 bridgehead atoms. The highest BCUT2D eigenvalue weighted by Crippen LogP contribution is 2.20. The van der Waals surface area contributed by atoms with Gasteiger partial charge in [0, 0.05) is 21.4 Å². The van der Waals surface area contributed by atoms with Gasteiger partial charge in [0.05, 0.1) is 5.56 Å². The van der Waals surface area contributed by atoms with Crippen LogP contribution in [-0.4, -0.2) is 17.0 Å². The number of hydrogen-bond donors (Lipinski definition) is 3. The number of amides is 1. The zero-order valence-electron chi connectivity index (χ0n) is 10.6. The van der Waals surface area contributed by atoms with Crippen LogP contribution in [0.15, 0.2) is 40.9 Å². The Morgan fingerprint density at radius 2 is 1.90 bits per heavy atom. The number of aromatic carboxylic acids is 1. The fourth-order valence-corrected chi connectivity index (χ4v) is 2.22. The smallest absolute Gasteiger partial charge is 0.338 e. The standard InChI is InChI=1S/C14H10BrFN2O3/c15-8-3-7(4-9(17)5-8)13(19)18-10-1-2-12(16)11(6-10)14(20)21/h1-6H,17H2,(H,18,19)(H,20,21). The monoisotopic (exact) mass is 352 g/mol. The van der Waals surface area contributed by atoms with Crippen molar-refractivity contribution in [3.05, 3.63) is 57.8 Å². The third kappa shape index (κ3) is 3.57. The van der Waals surface area contributed by atoms with Gasteiger partial charge in [-0.1, -0.05) is 15.9 Å². The van der Waals surface area contributed by atoms with Gasteiger partial charge in [-0.2, -0.15) is 0 Å². The van der Waals surface area contributed by atoms with E-state index in [1.54, 1.807) is 12.1 Å². The van der Waals surface area contributed by atoms with Crippen molar-refractivity contribution in [1.82, 2.24) is 0 Å². The molecule has 0 aromatic heterocycles. The Kier molecular flexibility index (Phi) is 4.23. The summed E-state index contributed by atoms with van der Waals surface area (Å²) in [6.45, 7) is 0. The second-order valence-corrected chi connectivity index (χ2v) is 5.14. The van der Waals surface area contributed by atoms with E-state index in [-0.39, 0.29) is 5.69 Å². The molecule has 7 heteroatoms. The summed E-state index contributed by atoms with van der Waals surface area (Å²) in [5.74, 6) is -2.76. The number of benzene rings is 2. The zero-order chi connectivity index (χ0) is 15.6. The van der Waals surface area contributed by atoms with Gasteiger partial charge in [-0.25, -0.2) is 9.18 Å². The number of hydrogen-bond acceptors (Lipinski definition) is 3. The Balaban J connectivity index is 2.27. The predicted octanol–water partition coefficient (Wildman–Crippen LogP) is 3.12. The first kappa shape index (κ1) is 15.0. The first-order valence-electron chi connectivity index (χ1n) is 5.77. The molecule has 1 amide bonds. The van der Waals surface area contributed by atoms with Crippen molar-refractivity contribution in [3.8, 4) is 0 Å². The minimum absolute atomic E-state index is 0.178. The summed E-state index contributed by atoms with van der Waals surface area (Å²) < 4.78 is 13.9. The molecule has 0 aliphatic rings. The molecule has 0 spiro atoms. The van der Waals surface area contributed by atoms with E-state index in [0.29, 0.717) is 15.7 Å². The molecule has 0 saturated carbocycles. The zero-order valence-corrected chi connectivity index (χ0v) is 12.1. The fraction of sp³-hybridized carbons (Fsp3) is 0. The molecule has 0 radical (unpaired) electrons. The number of carbonyl (C=O) groups excluding carboxylic acids is 1. The highest BCUT2D eigenvalue weighted by Gasteiger charge is 2.13. The molecule has 0 saturated heterocycles. The molecule has 108 valence electrons. The third-order valence-electron chi connectivity index (χ3n) is 2.64. The number of carboxylic acids is 1. The molecule has 21 heavy (non-hydrogen) atoms. The molecule has 0 aliphatic heterocycles. The molecule has 0 unspecified atom stereocenters. The second kappa shape index (κ2) is 5.92. The maximum absolute atomic E-state index is 13.3. The van der Waals surface area contributed by atoms with Crippen LogP contribution in [0, 0.1) is 5.82 Å². The summed E-state index contributed by atoms with van der Waals surface area (Å²) in [5, 5.41) is 11.3. The van der Waals surface area contributed by atoms with Gasteiger partial charge >= 0.3 is 5.97 Å². The van der Waals surface area contributed by atoms with Gasteiger partial charge in [0.1, 0.15) is 5.82 Å². The molecular weight excluding hydrogens is 343 g/mol. The number of halogens is 2. The quantitative estimate of drug-likeness (QED) is 0.740. The second-order valence-electron chi connectivity index (χ2n) is 4.23. The Morgan fingerprint density at radius 1 is 1.19 bits per heavy atom. The predicted molar refractivity (Wildman–Crippen MR) is 79.9 cm³/mol. The van der Waals surface area contributed by atoms with E-state index in [9.17, 15) is 14.0 Å². The van der Waals surface area contributed by atoms with Crippen LogP contribution in [0.1, 0.15) is 20.7 Å². The Morgan fingerprint density at radius 3 is 2.52 bits per heavy atom. The molecule has 0 aliphatic carbocycles. The minimum atomic E-state index is -1.41. The number of anilines is 2. The number of carbonyl (C=O) groups is 2. The van der Waals surface area contributed by atoms with Crippen molar-refractivity contribution >= 4 is 39.2 Å². The topological polar surface area (TPSA) is 92.4 Å². The van der Waals surface area contributed by atoms with E-state index < -0.39 is 23.3 Å². The summed E-state index contributed by atoms with van der Waals surface area (Å²) in [4.78, 5) is 22.9. The Hall–Kier alpha value is -2.41. The summed E-state index contributed by atoms with van der Waals surface area (Å²) in [6.07, 6.45) is 0. The van der Waals surface area contributed by atoms with Crippen molar-refractivity contribution in [2.75, 3.05) is 11.1 Å². The lowest BCUT2D eigenvalue weighted by Gasteiger charge is -2.08. The Bertz CT molecular complexity index is 714. The van der Waals surface area contributed by atoms with Crippen LogP contribution in [0.2, 0.25) is 0 Å². The van der Waals surface area contributed by atoms with Crippen molar-refractivity contribution in [1.29, 1.82) is 0 Å². The highest BCUT2D eigenvalue weighted by atomic mass is 79.9. The van der Waals surface area contributed by atoms with Crippen molar-refractivity contribution in [2.45, 2.75) is 0 Å². The van der Waals surface area contributed by atoms with Crippen LogP contribution in [0.25, 0.3) is 0 Å². The molecule has 4 N–H and O–H groups in total. The number of nitrogens with two attached hydrogens (primary N) is 1. The summed E-state index contributed by atoms with van der Waals surface area (Å²) in [7, 11) is 0. The molecule has 5 nitrogen and oxygen atoms in total. The van der Waals surface area contributed by atoms with Crippen LogP contribution in [0.4, 0.5) is 15.8 Å². The fourth-order valence-electron chi connectivity index (χ4n) is 1.71. The van der Waals surface area contributed by atoms with Crippen molar-refractivity contribution in [3.63, 3.8) is 0 Å². The van der Waals surface area contributed by atoms with Crippen LogP contribution in [0.5, 0.6) is 0 Å². The minimum Gasteiger partial charge on any atom is -0.478 e. The van der Waals surface area contributed by atoms with E-state index in [2.05, 4.69) is 21.2 Å². The SMILES string of the molecule is Nc1cc(Br)cc(C(=O)Nc2ccc(F)c(C(=O)O)c2)c1. The van der Waals surface area contributed by atoms with E-state index in [1.807, 2.05) is 0 Å². The maximum atomic E-state index is 13.3. The third-order valence-corrected chi connectivity index (χ3v) is 3.09. The average molecular weight is 353 g/mol. The summed E-state index contributed by atoms with van der Waals surface area (Å²) >= 11 is 3.22. The van der Waals surface area contributed by atoms with E-state index >= 15 is 0 Å². The van der Waals surface area contributed by atoms with Gasteiger partial charge in [-0.05, 0) is 36.4 Å². The van der Waals surface area contributed by atoms with Crippen LogP contribution < -0.4 is 11.1 Å². The largest absolute Gasteiger partial charge is 0.478 e. The molecule has 2 aromatic rings. The lowest BCUT2D eigenvalue weighted by molar-refractivity contribution is 0.0691. The number of nitrogen functional groups attached to an aromatic ring is 1. The first-order valence-corrected chi connectivity index (χ1v) is 6.56. The van der Waals surface area contributed by atoms with Gasteiger partial charge in [0.25, 0.3) is 5.91 Å². The van der Waals surface area contributed by atoms with Crippen LogP contribution >= 0.6 is 15.9 Å². The maximum Gasteiger partial charge on any atom is 0.338 e. The highest BCUT2D eigenvalue weighted by molar-refractivity contribution is 9.10. The first-order chi connectivity index (χ1) is 9.86. The average Bonchev–Trinajstić information content (AvgIpc) is 2.39. The normalized spacial score (nSPS) is 10.2. The lowest BCUT2D eigenvalue weighted by atomic mass is 10.1. The molecule has 2 rings (SSSR count). The van der Waals surface area contributed by atoms with Gasteiger partial charge in [0.2, 0.25) is 0 Å². The molecule has 0 heterocycles. The van der Waals surface area contributed by atoms with E-state index in [4.69, 9.17) is 10.8 Å². The molecule has 0 fully saturated rings. The molecule has 0 atom stereocenters. The van der Waals surface area contributed by atoms with Gasteiger partial charge in [0.15, 0.2) is 0 Å². The number of carboxylic acid groups (broad SMARTS) is 1. The molecule has 2 aromatic carbocycles. The number of nitrogens with one attached hydrogen (secondary N) is 1. The summed E-state index contributed by atoms with van der Waals surface area (Å²) in [5.41, 5.74) is 6.00. The van der Waals surface area contributed by atoms with Crippen molar-refractivity contribution in [2.24, 2.45) is 0 Å². The van der Waals surface area contributed by atoms with E-state index in [0.717, 1.165) is 12.1 Å². The van der Waals surface area contributed by atoms with Crippen LogP contribution in [0.3, 0.4) is 0 Å². The van der Waals surface area contributed by atoms with Gasteiger partial charge < -0.3 is 16.2 Å². The Labute approximate surface area is 127 Å². The lowest BCUT2D eigenvalue weighted by Crippen LogP contribution is -2.13. The summed E-state index contributed by atoms with van der Waals surface area (Å²) in [6, 6.07) is 7.98. The number of rotatable bonds is 3. The van der Waals surface area contributed by atoms with Crippen LogP contribution in [-0.2, 0) is 0 Å².